The molecule has 4 nitrogen and oxygen atoms in total. The van der Waals surface area contributed by atoms with Gasteiger partial charge >= 0.3 is 12.1 Å². The number of hydrogen-bond acceptors (Lipinski definition) is 3. The largest absolute Gasteiger partial charge is 0.478 e. The smallest absolute Gasteiger partial charge is 0.418 e. The topological polar surface area (TPSA) is 43.8 Å². The molecule has 1 aromatic carbocycles. The molecule has 1 heterocycles. The van der Waals surface area contributed by atoms with Crippen molar-refractivity contribution >= 4 is 11.7 Å². The van der Waals surface area contributed by atoms with Crippen molar-refractivity contribution in [3.63, 3.8) is 0 Å². The fourth-order valence-electron chi connectivity index (χ4n) is 2.77. The molecule has 7 heteroatoms. The van der Waals surface area contributed by atoms with Crippen LogP contribution in [0.2, 0.25) is 0 Å². The van der Waals surface area contributed by atoms with Crippen LogP contribution in [-0.2, 0) is 6.18 Å². The third-order valence-corrected chi connectivity index (χ3v) is 4.02. The van der Waals surface area contributed by atoms with Gasteiger partial charge < -0.3 is 14.9 Å². The molecule has 2 rings (SSSR count). The number of nitrogens with zero attached hydrogens (tertiary/aromatic N) is 2. The minimum atomic E-state index is -4.58. The Labute approximate surface area is 127 Å². The van der Waals surface area contributed by atoms with E-state index in [1.54, 1.807) is 4.90 Å². The van der Waals surface area contributed by atoms with E-state index in [-0.39, 0.29) is 17.3 Å². The van der Waals surface area contributed by atoms with E-state index < -0.39 is 17.7 Å². The predicted molar refractivity (Wildman–Crippen MR) is 77.3 cm³/mol. The van der Waals surface area contributed by atoms with Crippen LogP contribution in [-0.4, -0.2) is 49.2 Å². The number of likely N-dealkylation sites (N-methyl/N-ethyl adjacent to an activating group) is 1. The van der Waals surface area contributed by atoms with Crippen LogP contribution in [0.3, 0.4) is 0 Å². The van der Waals surface area contributed by atoms with Crippen molar-refractivity contribution in [2.75, 3.05) is 32.1 Å². The molecule has 1 saturated heterocycles. The second-order valence-electron chi connectivity index (χ2n) is 5.74. The Morgan fingerprint density at radius 1 is 1.36 bits per heavy atom. The second-order valence-corrected chi connectivity index (χ2v) is 5.74. The fourth-order valence-corrected chi connectivity index (χ4v) is 2.77. The molecule has 0 aromatic heterocycles. The molecule has 1 aromatic rings. The summed E-state index contributed by atoms with van der Waals surface area (Å²) in [7, 11) is 3.82. The first-order chi connectivity index (χ1) is 10.2. The zero-order valence-electron chi connectivity index (χ0n) is 12.5. The molecular weight excluding hydrogens is 297 g/mol. The lowest BCUT2D eigenvalue weighted by atomic mass is 10.0. The van der Waals surface area contributed by atoms with Crippen molar-refractivity contribution in [1.29, 1.82) is 0 Å². The Balaban J connectivity index is 2.39. The van der Waals surface area contributed by atoms with E-state index in [0.29, 0.717) is 13.1 Å². The number of anilines is 1. The number of alkyl halides is 3. The highest BCUT2D eigenvalue weighted by Crippen LogP contribution is 2.38. The zero-order valence-corrected chi connectivity index (χ0v) is 12.5. The van der Waals surface area contributed by atoms with Gasteiger partial charge in [-0.1, -0.05) is 0 Å². The quantitative estimate of drug-likeness (QED) is 0.931. The van der Waals surface area contributed by atoms with Crippen LogP contribution in [0.5, 0.6) is 0 Å². The first-order valence-corrected chi connectivity index (χ1v) is 7.06. The maximum atomic E-state index is 13.3. The van der Waals surface area contributed by atoms with E-state index in [4.69, 9.17) is 5.11 Å². The number of aromatic carboxylic acids is 1. The number of halogens is 3. The Kier molecular flexibility index (Phi) is 4.65. The van der Waals surface area contributed by atoms with Crippen LogP contribution in [0.1, 0.15) is 28.8 Å². The van der Waals surface area contributed by atoms with Gasteiger partial charge in [-0.3, -0.25) is 0 Å². The molecule has 0 radical (unpaired) electrons. The van der Waals surface area contributed by atoms with Crippen molar-refractivity contribution in [3.05, 3.63) is 29.3 Å². The van der Waals surface area contributed by atoms with Gasteiger partial charge in [0.05, 0.1) is 11.1 Å². The highest BCUT2D eigenvalue weighted by Gasteiger charge is 2.36. The van der Waals surface area contributed by atoms with Crippen LogP contribution in [0.15, 0.2) is 18.2 Å². The highest BCUT2D eigenvalue weighted by molar-refractivity contribution is 5.88. The predicted octanol–water partition coefficient (Wildman–Crippen LogP) is 2.93. The van der Waals surface area contributed by atoms with Gasteiger partial charge in [-0.25, -0.2) is 4.79 Å². The van der Waals surface area contributed by atoms with Gasteiger partial charge in [-0.2, -0.15) is 13.2 Å². The molecule has 22 heavy (non-hydrogen) atoms. The number of carboxylic acids is 1. The van der Waals surface area contributed by atoms with Gasteiger partial charge in [0.15, 0.2) is 0 Å². The molecule has 1 aliphatic rings. The van der Waals surface area contributed by atoms with Crippen molar-refractivity contribution in [3.8, 4) is 0 Å². The summed E-state index contributed by atoms with van der Waals surface area (Å²) >= 11 is 0. The molecule has 1 aliphatic heterocycles. The molecule has 0 saturated carbocycles. The summed E-state index contributed by atoms with van der Waals surface area (Å²) in [5, 5.41) is 8.90. The lowest BCUT2D eigenvalue weighted by Gasteiger charge is -2.38. The summed E-state index contributed by atoms with van der Waals surface area (Å²) < 4.78 is 39.8. The van der Waals surface area contributed by atoms with Crippen molar-refractivity contribution in [1.82, 2.24) is 4.90 Å². The standard InChI is InChI=1S/C15H19F3N2O2/c1-19(2)11-4-3-7-20(9-11)13-6-5-10(14(21)22)8-12(13)15(16,17)18/h5-6,8,11H,3-4,7,9H2,1-2H3,(H,21,22). The van der Waals surface area contributed by atoms with Gasteiger partial charge in [0.2, 0.25) is 0 Å². The van der Waals surface area contributed by atoms with Crippen LogP contribution >= 0.6 is 0 Å². The summed E-state index contributed by atoms with van der Waals surface area (Å²) in [5.74, 6) is -1.36. The summed E-state index contributed by atoms with van der Waals surface area (Å²) in [4.78, 5) is 14.6. The Hall–Kier alpha value is -1.76. The molecule has 0 spiro atoms. The molecule has 0 amide bonds. The molecule has 0 bridgehead atoms. The minimum absolute atomic E-state index is 0.0593. The Bertz CT molecular complexity index is 558. The first-order valence-electron chi connectivity index (χ1n) is 7.06. The van der Waals surface area contributed by atoms with Crippen molar-refractivity contribution < 1.29 is 23.1 Å². The monoisotopic (exact) mass is 316 g/mol. The normalized spacial score (nSPS) is 19.5. The lowest BCUT2D eigenvalue weighted by Crippen LogP contribution is -2.45. The molecule has 1 atom stereocenters. The maximum absolute atomic E-state index is 13.3. The van der Waals surface area contributed by atoms with Crippen LogP contribution in [0.4, 0.5) is 18.9 Å². The third-order valence-electron chi connectivity index (χ3n) is 4.02. The highest BCUT2D eigenvalue weighted by atomic mass is 19.4. The number of hydrogen-bond donors (Lipinski definition) is 1. The van der Waals surface area contributed by atoms with Crippen LogP contribution in [0, 0.1) is 0 Å². The number of benzene rings is 1. The van der Waals surface area contributed by atoms with Crippen LogP contribution < -0.4 is 4.90 Å². The summed E-state index contributed by atoms with van der Waals surface area (Å²) in [5.41, 5.74) is -1.17. The Morgan fingerprint density at radius 2 is 2.05 bits per heavy atom. The maximum Gasteiger partial charge on any atom is 0.418 e. The fraction of sp³-hybridized carbons (Fsp3) is 0.533. The molecule has 0 aliphatic carbocycles. The van der Waals surface area contributed by atoms with E-state index in [1.807, 2.05) is 19.0 Å². The van der Waals surface area contributed by atoms with E-state index >= 15 is 0 Å². The number of carbonyl (C=O) groups is 1. The number of rotatable bonds is 3. The molecule has 122 valence electrons. The second kappa shape index (κ2) is 6.16. The van der Waals surface area contributed by atoms with Gasteiger partial charge in [0, 0.05) is 24.8 Å². The molecule has 1 fully saturated rings. The SMILES string of the molecule is CN(C)C1CCCN(c2ccc(C(=O)O)cc2C(F)(F)F)C1. The minimum Gasteiger partial charge on any atom is -0.478 e. The van der Waals surface area contributed by atoms with Gasteiger partial charge in [-0.05, 0) is 45.1 Å². The summed E-state index contributed by atoms with van der Waals surface area (Å²) in [6.07, 6.45) is -2.83. The third kappa shape index (κ3) is 3.52. The van der Waals surface area contributed by atoms with E-state index in [9.17, 15) is 18.0 Å². The van der Waals surface area contributed by atoms with Crippen molar-refractivity contribution in [2.24, 2.45) is 0 Å². The first kappa shape index (κ1) is 16.6. The van der Waals surface area contributed by atoms with E-state index in [0.717, 1.165) is 18.9 Å². The lowest BCUT2D eigenvalue weighted by molar-refractivity contribution is -0.137. The number of piperidine rings is 1. The van der Waals surface area contributed by atoms with Crippen molar-refractivity contribution in [2.45, 2.75) is 25.1 Å². The summed E-state index contributed by atoms with van der Waals surface area (Å²) in [6, 6.07) is 3.40. The van der Waals surface area contributed by atoms with Crippen LogP contribution in [0.25, 0.3) is 0 Å². The average molecular weight is 316 g/mol. The Morgan fingerprint density at radius 3 is 2.59 bits per heavy atom. The van der Waals surface area contributed by atoms with E-state index in [2.05, 4.69) is 0 Å². The van der Waals surface area contributed by atoms with E-state index in [1.165, 1.54) is 12.1 Å². The van der Waals surface area contributed by atoms with Gasteiger partial charge in [0.25, 0.3) is 0 Å². The van der Waals surface area contributed by atoms with Gasteiger partial charge in [-0.15, -0.1) is 0 Å². The summed E-state index contributed by atoms with van der Waals surface area (Å²) in [6.45, 7) is 1.04. The molecule has 1 N–H and O–H groups in total. The average Bonchev–Trinajstić information content (AvgIpc) is 2.45. The molecular formula is C15H19F3N2O2. The molecule has 1 unspecified atom stereocenters. The van der Waals surface area contributed by atoms with Gasteiger partial charge in [0.1, 0.15) is 0 Å². The number of carboxylic acid groups (broad SMARTS) is 1. The zero-order chi connectivity index (χ0) is 16.5.